The van der Waals surface area contributed by atoms with E-state index in [-0.39, 0.29) is 28.9 Å². The van der Waals surface area contributed by atoms with Gasteiger partial charge in [-0.1, -0.05) is 13.3 Å². The minimum Gasteiger partial charge on any atom is -0.487 e. The van der Waals surface area contributed by atoms with E-state index in [0.29, 0.717) is 37.1 Å². The number of aromatic nitrogens is 1. The standard InChI is InChI=1S/C21H30BrN3O5/c1-6-7-10-29-17-15-18(27)23(5)12-21(25(15)11-14(22)16(17)26)8-9-24(13-21)19(28)30-20(2,3)4/h11H,6-10,12-13H2,1-5H3. The highest BCUT2D eigenvalue weighted by Crippen LogP contribution is 2.38. The predicted molar refractivity (Wildman–Crippen MR) is 116 cm³/mol. The smallest absolute Gasteiger partial charge is 0.410 e. The summed E-state index contributed by atoms with van der Waals surface area (Å²) in [4.78, 5) is 41.7. The van der Waals surface area contributed by atoms with Gasteiger partial charge >= 0.3 is 6.09 Å². The Kier molecular flexibility index (Phi) is 6.23. The maximum absolute atomic E-state index is 13.0. The number of likely N-dealkylation sites (N-methyl/N-ethyl adjacent to an activating group) is 1. The molecule has 1 fully saturated rings. The van der Waals surface area contributed by atoms with Crippen LogP contribution in [0.4, 0.5) is 4.79 Å². The number of halogens is 1. The van der Waals surface area contributed by atoms with Crippen molar-refractivity contribution in [3.63, 3.8) is 0 Å². The Morgan fingerprint density at radius 2 is 1.97 bits per heavy atom. The van der Waals surface area contributed by atoms with E-state index in [4.69, 9.17) is 9.47 Å². The van der Waals surface area contributed by atoms with Crippen molar-refractivity contribution >= 4 is 27.9 Å². The van der Waals surface area contributed by atoms with Crippen molar-refractivity contribution in [2.45, 2.75) is 58.1 Å². The number of unbranched alkanes of at least 4 members (excludes halogenated alkanes) is 1. The number of fused-ring (bicyclic) bond motifs is 2. The molecule has 0 radical (unpaired) electrons. The van der Waals surface area contributed by atoms with Crippen LogP contribution in [-0.2, 0) is 10.3 Å². The van der Waals surface area contributed by atoms with Crippen molar-refractivity contribution in [1.29, 1.82) is 0 Å². The summed E-state index contributed by atoms with van der Waals surface area (Å²) in [7, 11) is 1.71. The summed E-state index contributed by atoms with van der Waals surface area (Å²) >= 11 is 3.34. The average Bonchev–Trinajstić information content (AvgIpc) is 3.07. The van der Waals surface area contributed by atoms with Gasteiger partial charge in [-0.05, 0) is 49.5 Å². The monoisotopic (exact) mass is 483 g/mol. The predicted octanol–water partition coefficient (Wildman–Crippen LogP) is 3.21. The van der Waals surface area contributed by atoms with Gasteiger partial charge in [0.25, 0.3) is 5.91 Å². The lowest BCUT2D eigenvalue weighted by atomic mass is 9.93. The molecule has 0 aliphatic carbocycles. The number of rotatable bonds is 4. The quantitative estimate of drug-likeness (QED) is 0.614. The Labute approximate surface area is 185 Å². The molecule has 8 nitrogen and oxygen atoms in total. The van der Waals surface area contributed by atoms with Crippen LogP contribution in [0.5, 0.6) is 5.75 Å². The van der Waals surface area contributed by atoms with Gasteiger partial charge in [0, 0.05) is 32.9 Å². The van der Waals surface area contributed by atoms with Crippen molar-refractivity contribution in [2.75, 3.05) is 33.3 Å². The van der Waals surface area contributed by atoms with Gasteiger partial charge in [0.2, 0.25) is 5.43 Å². The van der Waals surface area contributed by atoms with Gasteiger partial charge in [-0.25, -0.2) is 4.79 Å². The van der Waals surface area contributed by atoms with Crippen LogP contribution in [0.2, 0.25) is 0 Å². The third-order valence-electron chi connectivity index (χ3n) is 5.44. The number of hydrogen-bond acceptors (Lipinski definition) is 5. The maximum atomic E-state index is 13.0. The van der Waals surface area contributed by atoms with Gasteiger partial charge in [0.1, 0.15) is 5.60 Å². The molecule has 3 heterocycles. The summed E-state index contributed by atoms with van der Waals surface area (Å²) in [6.45, 7) is 9.22. The van der Waals surface area contributed by atoms with Gasteiger partial charge < -0.3 is 23.8 Å². The first kappa shape index (κ1) is 22.7. The minimum absolute atomic E-state index is 0.0736. The highest BCUT2D eigenvalue weighted by atomic mass is 79.9. The first-order valence-electron chi connectivity index (χ1n) is 10.3. The molecule has 0 bridgehead atoms. The van der Waals surface area contributed by atoms with Crippen molar-refractivity contribution in [3.8, 4) is 5.75 Å². The average molecular weight is 484 g/mol. The van der Waals surface area contributed by atoms with Crippen molar-refractivity contribution in [2.24, 2.45) is 0 Å². The number of nitrogens with zero attached hydrogens (tertiary/aromatic N) is 3. The summed E-state index contributed by atoms with van der Waals surface area (Å²) < 4.78 is 13.5. The molecule has 166 valence electrons. The number of carbonyl (C=O) groups excluding carboxylic acids is 2. The molecule has 0 N–H and O–H groups in total. The zero-order chi connectivity index (χ0) is 22.3. The number of hydrogen-bond donors (Lipinski definition) is 0. The van der Waals surface area contributed by atoms with E-state index in [9.17, 15) is 14.4 Å². The highest BCUT2D eigenvalue weighted by Gasteiger charge is 2.49. The highest BCUT2D eigenvalue weighted by molar-refractivity contribution is 9.10. The Hall–Kier alpha value is -2.03. The van der Waals surface area contributed by atoms with Crippen molar-refractivity contribution in [3.05, 3.63) is 26.6 Å². The molecule has 1 aromatic rings. The molecule has 0 aromatic carbocycles. The molecule has 0 saturated carbocycles. The second-order valence-corrected chi connectivity index (χ2v) is 9.95. The number of ether oxygens (including phenoxy) is 2. The first-order chi connectivity index (χ1) is 14.0. The van der Waals surface area contributed by atoms with E-state index < -0.39 is 11.1 Å². The lowest BCUT2D eigenvalue weighted by Crippen LogP contribution is -2.55. The van der Waals surface area contributed by atoms with Crippen LogP contribution < -0.4 is 10.2 Å². The molecule has 1 spiro atoms. The second-order valence-electron chi connectivity index (χ2n) is 9.09. The van der Waals surface area contributed by atoms with Crippen molar-refractivity contribution in [1.82, 2.24) is 14.4 Å². The van der Waals surface area contributed by atoms with Crippen LogP contribution in [-0.4, -0.2) is 65.3 Å². The van der Waals surface area contributed by atoms with Gasteiger partial charge in [-0.15, -0.1) is 0 Å². The molecule has 1 saturated heterocycles. The third-order valence-corrected chi connectivity index (χ3v) is 6.01. The molecule has 1 aromatic heterocycles. The molecular formula is C21H30BrN3O5. The molecular weight excluding hydrogens is 454 g/mol. The van der Waals surface area contributed by atoms with Crippen LogP contribution in [0.15, 0.2) is 15.5 Å². The van der Waals surface area contributed by atoms with E-state index in [1.165, 1.54) is 0 Å². The molecule has 3 rings (SSSR count). The maximum Gasteiger partial charge on any atom is 0.410 e. The summed E-state index contributed by atoms with van der Waals surface area (Å²) in [5.41, 5.74) is -1.22. The number of pyridine rings is 1. The Morgan fingerprint density at radius 1 is 1.27 bits per heavy atom. The largest absolute Gasteiger partial charge is 0.487 e. The summed E-state index contributed by atoms with van der Waals surface area (Å²) in [6.07, 6.45) is 3.63. The van der Waals surface area contributed by atoms with E-state index in [1.54, 1.807) is 23.0 Å². The van der Waals surface area contributed by atoms with E-state index in [0.717, 1.165) is 12.8 Å². The Morgan fingerprint density at radius 3 is 2.60 bits per heavy atom. The van der Waals surface area contributed by atoms with E-state index in [1.807, 2.05) is 32.3 Å². The molecule has 2 aliphatic heterocycles. The summed E-state index contributed by atoms with van der Waals surface area (Å²) in [5, 5.41) is 0. The minimum atomic E-state index is -0.585. The zero-order valence-electron chi connectivity index (χ0n) is 18.3. The van der Waals surface area contributed by atoms with Crippen LogP contribution in [0.25, 0.3) is 0 Å². The first-order valence-corrected chi connectivity index (χ1v) is 11.1. The molecule has 2 aliphatic rings. The zero-order valence-corrected chi connectivity index (χ0v) is 19.9. The molecule has 1 unspecified atom stereocenters. The van der Waals surface area contributed by atoms with Crippen LogP contribution in [0.3, 0.4) is 0 Å². The van der Waals surface area contributed by atoms with E-state index >= 15 is 0 Å². The number of carbonyl (C=O) groups is 2. The molecule has 2 amide bonds. The topological polar surface area (TPSA) is 81.1 Å². The van der Waals surface area contributed by atoms with Gasteiger partial charge in [-0.2, -0.15) is 0 Å². The summed E-state index contributed by atoms with van der Waals surface area (Å²) in [6, 6.07) is 0. The number of likely N-dealkylation sites (tertiary alicyclic amines) is 1. The van der Waals surface area contributed by atoms with E-state index in [2.05, 4.69) is 15.9 Å². The third kappa shape index (κ3) is 4.22. The lowest BCUT2D eigenvalue weighted by molar-refractivity contribution is 0.0259. The fraction of sp³-hybridized carbons (Fsp3) is 0.667. The fourth-order valence-corrected chi connectivity index (χ4v) is 4.41. The second kappa shape index (κ2) is 8.24. The molecule has 1 atom stereocenters. The van der Waals surface area contributed by atoms with Crippen LogP contribution in [0.1, 0.15) is 57.4 Å². The Balaban J connectivity index is 2.03. The van der Waals surface area contributed by atoms with Gasteiger partial charge in [-0.3, -0.25) is 9.59 Å². The summed E-state index contributed by atoms with van der Waals surface area (Å²) in [5.74, 6) is -0.183. The molecule has 9 heteroatoms. The number of amides is 2. The molecule has 30 heavy (non-hydrogen) atoms. The lowest BCUT2D eigenvalue weighted by Gasteiger charge is -2.42. The Bertz CT molecular complexity index is 907. The fourth-order valence-electron chi connectivity index (χ4n) is 4.02. The normalized spacial score (nSPS) is 21.2. The van der Waals surface area contributed by atoms with Crippen LogP contribution >= 0.6 is 15.9 Å². The van der Waals surface area contributed by atoms with Crippen LogP contribution in [0, 0.1) is 0 Å². The SMILES string of the molecule is CCCCOc1c2n(cc(Br)c1=O)C1(CCN(C(=O)OC(C)(C)C)C1)CN(C)C2=O. The van der Waals surface area contributed by atoms with Gasteiger partial charge in [0.05, 0.1) is 16.6 Å². The van der Waals surface area contributed by atoms with Crippen molar-refractivity contribution < 1.29 is 19.1 Å². The van der Waals surface area contributed by atoms with Gasteiger partial charge in [0.15, 0.2) is 11.4 Å².